The SMILES string of the molecule is CCCCCCCCCCCCCCCCCC(=O)N(CC)Cc1ccccc1. The van der Waals surface area contributed by atoms with Crippen molar-refractivity contribution < 1.29 is 4.79 Å². The van der Waals surface area contributed by atoms with Crippen molar-refractivity contribution in [3.05, 3.63) is 35.9 Å². The van der Waals surface area contributed by atoms with Gasteiger partial charge in [-0.15, -0.1) is 0 Å². The second-order valence-electron chi connectivity index (χ2n) is 8.59. The van der Waals surface area contributed by atoms with Crippen molar-refractivity contribution >= 4 is 5.91 Å². The van der Waals surface area contributed by atoms with Gasteiger partial charge in [0.2, 0.25) is 5.91 Å². The normalized spacial score (nSPS) is 11.0. The highest BCUT2D eigenvalue weighted by Gasteiger charge is 2.11. The Kier molecular flexibility index (Phi) is 16.6. The van der Waals surface area contributed by atoms with Gasteiger partial charge in [-0.2, -0.15) is 0 Å². The van der Waals surface area contributed by atoms with Crippen LogP contribution >= 0.6 is 0 Å². The van der Waals surface area contributed by atoms with E-state index >= 15 is 0 Å². The fourth-order valence-electron chi connectivity index (χ4n) is 3.99. The maximum Gasteiger partial charge on any atom is 0.222 e. The average molecular weight is 402 g/mol. The Labute approximate surface area is 181 Å². The molecule has 0 atom stereocenters. The van der Waals surface area contributed by atoms with Crippen LogP contribution in [0.4, 0.5) is 0 Å². The quantitative estimate of drug-likeness (QED) is 0.213. The predicted molar refractivity (Wildman–Crippen MR) is 127 cm³/mol. The summed E-state index contributed by atoms with van der Waals surface area (Å²) >= 11 is 0. The Morgan fingerprint density at radius 2 is 1.10 bits per heavy atom. The summed E-state index contributed by atoms with van der Waals surface area (Å²) in [4.78, 5) is 14.4. The van der Waals surface area contributed by atoms with Gasteiger partial charge in [0.25, 0.3) is 0 Å². The van der Waals surface area contributed by atoms with Crippen molar-refractivity contribution in [3.63, 3.8) is 0 Å². The number of carbonyl (C=O) groups is 1. The van der Waals surface area contributed by atoms with Gasteiger partial charge in [0.1, 0.15) is 0 Å². The van der Waals surface area contributed by atoms with Gasteiger partial charge in [0.15, 0.2) is 0 Å². The average Bonchev–Trinajstić information content (AvgIpc) is 2.75. The summed E-state index contributed by atoms with van der Waals surface area (Å²) in [5, 5.41) is 0. The molecule has 0 N–H and O–H groups in total. The highest BCUT2D eigenvalue weighted by Crippen LogP contribution is 2.14. The molecule has 0 aliphatic heterocycles. The third-order valence-electron chi connectivity index (χ3n) is 5.94. The van der Waals surface area contributed by atoms with Gasteiger partial charge < -0.3 is 4.90 Å². The molecule has 0 heterocycles. The molecule has 0 unspecified atom stereocenters. The van der Waals surface area contributed by atoms with E-state index in [9.17, 15) is 4.79 Å². The molecule has 2 nitrogen and oxygen atoms in total. The fraction of sp³-hybridized carbons (Fsp3) is 0.741. The number of rotatable bonds is 19. The van der Waals surface area contributed by atoms with Gasteiger partial charge in [-0.3, -0.25) is 4.79 Å². The summed E-state index contributed by atoms with van der Waals surface area (Å²) in [6, 6.07) is 10.3. The third-order valence-corrected chi connectivity index (χ3v) is 5.94. The number of amides is 1. The van der Waals surface area contributed by atoms with E-state index in [1.165, 1.54) is 95.5 Å². The zero-order valence-electron chi connectivity index (χ0n) is 19.5. The van der Waals surface area contributed by atoms with Crippen molar-refractivity contribution in [2.24, 2.45) is 0 Å². The first-order chi connectivity index (χ1) is 14.3. The van der Waals surface area contributed by atoms with Gasteiger partial charge in [-0.1, -0.05) is 127 Å². The molecule has 0 aromatic heterocycles. The molecule has 1 amide bonds. The molecule has 2 heteroatoms. The molecule has 0 saturated heterocycles. The number of unbranched alkanes of at least 4 members (excludes halogenated alkanes) is 14. The van der Waals surface area contributed by atoms with Gasteiger partial charge in [0.05, 0.1) is 0 Å². The molecule has 0 aliphatic carbocycles. The third kappa shape index (κ3) is 14.3. The molecular weight excluding hydrogens is 354 g/mol. The molecule has 0 spiro atoms. The summed E-state index contributed by atoms with van der Waals surface area (Å²) in [6.45, 7) is 5.90. The number of carbonyl (C=O) groups excluding carboxylic acids is 1. The summed E-state index contributed by atoms with van der Waals surface area (Å²) < 4.78 is 0. The number of nitrogens with zero attached hydrogens (tertiary/aromatic N) is 1. The molecule has 0 fully saturated rings. The largest absolute Gasteiger partial charge is 0.339 e. The van der Waals surface area contributed by atoms with E-state index in [2.05, 4.69) is 26.0 Å². The van der Waals surface area contributed by atoms with Crippen LogP contribution in [0.3, 0.4) is 0 Å². The van der Waals surface area contributed by atoms with E-state index in [0.29, 0.717) is 12.3 Å². The van der Waals surface area contributed by atoms with Crippen LogP contribution in [0.15, 0.2) is 30.3 Å². The van der Waals surface area contributed by atoms with Crippen molar-refractivity contribution in [1.82, 2.24) is 4.90 Å². The zero-order chi connectivity index (χ0) is 21.0. The second kappa shape index (κ2) is 18.7. The van der Waals surface area contributed by atoms with Gasteiger partial charge >= 0.3 is 0 Å². The Morgan fingerprint density at radius 3 is 1.55 bits per heavy atom. The van der Waals surface area contributed by atoms with Crippen molar-refractivity contribution in [2.75, 3.05) is 6.54 Å². The Balaban J connectivity index is 1.90. The van der Waals surface area contributed by atoms with E-state index in [-0.39, 0.29) is 0 Å². The minimum atomic E-state index is 0.311. The van der Waals surface area contributed by atoms with Crippen LogP contribution in [0.25, 0.3) is 0 Å². The highest BCUT2D eigenvalue weighted by atomic mass is 16.2. The fourth-order valence-corrected chi connectivity index (χ4v) is 3.99. The lowest BCUT2D eigenvalue weighted by Gasteiger charge is -2.21. The topological polar surface area (TPSA) is 20.3 Å². The summed E-state index contributed by atoms with van der Waals surface area (Å²) in [5.41, 5.74) is 1.22. The summed E-state index contributed by atoms with van der Waals surface area (Å²) in [5.74, 6) is 0.311. The lowest BCUT2D eigenvalue weighted by atomic mass is 10.0. The molecule has 0 aliphatic rings. The van der Waals surface area contributed by atoms with Crippen LogP contribution in [0.1, 0.15) is 122 Å². The van der Waals surface area contributed by atoms with Crippen molar-refractivity contribution in [1.29, 1.82) is 0 Å². The van der Waals surface area contributed by atoms with Gasteiger partial charge in [0, 0.05) is 19.5 Å². The Hall–Kier alpha value is -1.31. The number of hydrogen-bond acceptors (Lipinski definition) is 1. The van der Waals surface area contributed by atoms with Crippen LogP contribution in [-0.2, 0) is 11.3 Å². The smallest absolute Gasteiger partial charge is 0.222 e. The molecule has 0 bridgehead atoms. The van der Waals surface area contributed by atoms with Crippen LogP contribution in [0, 0.1) is 0 Å². The first kappa shape index (κ1) is 25.7. The standard InChI is InChI=1S/C27H47NO/c1-3-5-6-7-8-9-10-11-12-13-14-15-16-17-21-24-27(29)28(4-2)25-26-22-19-18-20-23-26/h18-20,22-23H,3-17,21,24-25H2,1-2H3. The van der Waals surface area contributed by atoms with E-state index in [4.69, 9.17) is 0 Å². The first-order valence-electron chi connectivity index (χ1n) is 12.6. The van der Waals surface area contributed by atoms with Crippen LogP contribution in [0.5, 0.6) is 0 Å². The molecule has 0 saturated carbocycles. The van der Waals surface area contributed by atoms with Gasteiger partial charge in [-0.25, -0.2) is 0 Å². The lowest BCUT2D eigenvalue weighted by Crippen LogP contribution is -2.30. The Bertz CT molecular complexity index is 485. The monoisotopic (exact) mass is 401 g/mol. The van der Waals surface area contributed by atoms with Gasteiger partial charge in [-0.05, 0) is 18.9 Å². The summed E-state index contributed by atoms with van der Waals surface area (Å²) in [6.07, 6.45) is 21.2. The summed E-state index contributed by atoms with van der Waals surface area (Å²) in [7, 11) is 0. The van der Waals surface area contributed by atoms with Crippen molar-refractivity contribution in [2.45, 2.75) is 123 Å². The minimum Gasteiger partial charge on any atom is -0.339 e. The minimum absolute atomic E-state index is 0.311. The molecule has 0 radical (unpaired) electrons. The van der Waals surface area contributed by atoms with E-state index in [1.807, 2.05) is 23.1 Å². The zero-order valence-corrected chi connectivity index (χ0v) is 19.5. The molecule has 29 heavy (non-hydrogen) atoms. The highest BCUT2D eigenvalue weighted by molar-refractivity contribution is 5.76. The van der Waals surface area contributed by atoms with E-state index in [0.717, 1.165) is 19.5 Å². The lowest BCUT2D eigenvalue weighted by molar-refractivity contribution is -0.131. The number of hydrogen-bond donors (Lipinski definition) is 0. The maximum atomic E-state index is 12.4. The predicted octanol–water partition coefficient (Wildman–Crippen LogP) is 8.30. The Morgan fingerprint density at radius 1 is 0.655 bits per heavy atom. The van der Waals surface area contributed by atoms with Crippen LogP contribution < -0.4 is 0 Å². The molecular formula is C27H47NO. The number of benzene rings is 1. The molecule has 1 rings (SSSR count). The van der Waals surface area contributed by atoms with E-state index in [1.54, 1.807) is 0 Å². The van der Waals surface area contributed by atoms with Crippen LogP contribution in [0.2, 0.25) is 0 Å². The maximum absolute atomic E-state index is 12.4. The molecule has 1 aromatic carbocycles. The van der Waals surface area contributed by atoms with Crippen molar-refractivity contribution in [3.8, 4) is 0 Å². The van der Waals surface area contributed by atoms with Crippen LogP contribution in [-0.4, -0.2) is 17.4 Å². The molecule has 166 valence electrons. The molecule has 1 aromatic rings. The van der Waals surface area contributed by atoms with E-state index < -0.39 is 0 Å². The first-order valence-corrected chi connectivity index (χ1v) is 12.6. The second-order valence-corrected chi connectivity index (χ2v) is 8.59.